The van der Waals surface area contributed by atoms with E-state index >= 15 is 0 Å². The number of rotatable bonds is 3. The molecular formula is C16H14ClF3N6O. The molecule has 0 bridgehead atoms. The van der Waals surface area contributed by atoms with Crippen LogP contribution in [0.4, 0.5) is 24.7 Å². The molecule has 3 rings (SSSR count). The number of nitriles is 1. The van der Waals surface area contributed by atoms with Gasteiger partial charge in [0.25, 0.3) is 5.56 Å². The lowest BCUT2D eigenvalue weighted by Crippen LogP contribution is -2.47. The number of anilines is 2. The minimum absolute atomic E-state index is 0.293. The fourth-order valence-electron chi connectivity index (χ4n) is 2.85. The zero-order valence-corrected chi connectivity index (χ0v) is 14.7. The lowest BCUT2D eigenvalue weighted by molar-refractivity contribution is -0.143. The van der Waals surface area contributed by atoms with Crippen molar-refractivity contribution in [2.75, 3.05) is 36.0 Å². The molecule has 2 aromatic heterocycles. The van der Waals surface area contributed by atoms with Crippen LogP contribution in [0.1, 0.15) is 5.56 Å². The first-order chi connectivity index (χ1) is 12.8. The summed E-state index contributed by atoms with van der Waals surface area (Å²) in [7, 11) is 0. The number of pyridine rings is 1. The zero-order chi connectivity index (χ0) is 19.6. The van der Waals surface area contributed by atoms with Gasteiger partial charge in [-0.25, -0.2) is 9.67 Å². The predicted molar refractivity (Wildman–Crippen MR) is 92.9 cm³/mol. The highest BCUT2D eigenvalue weighted by molar-refractivity contribution is 6.33. The van der Waals surface area contributed by atoms with Crippen molar-refractivity contribution in [3.63, 3.8) is 0 Å². The largest absolute Gasteiger partial charge is 0.408 e. The second kappa shape index (κ2) is 7.44. The number of hydrogen-bond acceptors (Lipinski definition) is 6. The maximum absolute atomic E-state index is 12.5. The molecule has 27 heavy (non-hydrogen) atoms. The van der Waals surface area contributed by atoms with Crippen LogP contribution in [0, 0.1) is 11.3 Å². The average molecular weight is 399 g/mol. The molecule has 3 heterocycles. The molecule has 0 aromatic carbocycles. The smallest absolute Gasteiger partial charge is 0.365 e. The van der Waals surface area contributed by atoms with Crippen molar-refractivity contribution in [2.24, 2.45) is 0 Å². The van der Waals surface area contributed by atoms with Gasteiger partial charge in [0.2, 0.25) is 0 Å². The molecule has 0 aliphatic carbocycles. The zero-order valence-electron chi connectivity index (χ0n) is 13.9. The van der Waals surface area contributed by atoms with Crippen LogP contribution in [-0.2, 0) is 6.54 Å². The minimum Gasteiger partial charge on any atom is -0.365 e. The van der Waals surface area contributed by atoms with E-state index in [0.717, 1.165) is 0 Å². The van der Waals surface area contributed by atoms with Gasteiger partial charge in [-0.05, 0) is 12.1 Å². The normalized spacial score (nSPS) is 14.9. The summed E-state index contributed by atoms with van der Waals surface area (Å²) in [6.07, 6.45) is -1.79. The van der Waals surface area contributed by atoms with Crippen molar-refractivity contribution in [1.82, 2.24) is 14.8 Å². The monoisotopic (exact) mass is 398 g/mol. The standard InChI is InChI=1S/C16H14ClF3N6O/c17-13-12(9-23-26(15(13)27)10-16(18,19)20)24-4-6-25(7-5-24)14-11(8-21)2-1-3-22-14/h1-3,9H,4-7,10H2. The molecule has 142 valence electrons. The van der Waals surface area contributed by atoms with Crippen LogP contribution < -0.4 is 15.4 Å². The minimum atomic E-state index is -4.56. The van der Waals surface area contributed by atoms with Crippen LogP contribution in [0.15, 0.2) is 29.3 Å². The number of alkyl halides is 3. The number of nitrogens with zero attached hydrogens (tertiary/aromatic N) is 6. The van der Waals surface area contributed by atoms with Crippen molar-refractivity contribution in [3.05, 3.63) is 45.5 Å². The van der Waals surface area contributed by atoms with E-state index in [0.29, 0.717) is 47.9 Å². The quantitative estimate of drug-likeness (QED) is 0.787. The molecular weight excluding hydrogens is 385 g/mol. The van der Waals surface area contributed by atoms with E-state index in [4.69, 9.17) is 11.6 Å². The summed E-state index contributed by atoms with van der Waals surface area (Å²) < 4.78 is 37.8. The van der Waals surface area contributed by atoms with E-state index in [2.05, 4.69) is 16.2 Å². The Hall–Kier alpha value is -2.80. The molecule has 0 radical (unpaired) electrons. The van der Waals surface area contributed by atoms with E-state index in [9.17, 15) is 23.2 Å². The maximum atomic E-state index is 12.5. The van der Waals surface area contributed by atoms with Crippen molar-refractivity contribution >= 4 is 23.1 Å². The molecule has 0 atom stereocenters. The van der Waals surface area contributed by atoms with Crippen molar-refractivity contribution in [2.45, 2.75) is 12.7 Å². The fourth-order valence-corrected chi connectivity index (χ4v) is 3.12. The summed E-state index contributed by atoms with van der Waals surface area (Å²) in [5, 5.41) is 12.5. The highest BCUT2D eigenvalue weighted by Crippen LogP contribution is 2.25. The Morgan fingerprint density at radius 1 is 1.22 bits per heavy atom. The molecule has 7 nitrogen and oxygen atoms in total. The summed E-state index contributed by atoms with van der Waals surface area (Å²) in [6, 6.07) is 5.45. The Kier molecular flexibility index (Phi) is 5.23. The second-order valence-electron chi connectivity index (χ2n) is 5.88. The van der Waals surface area contributed by atoms with Gasteiger partial charge < -0.3 is 9.80 Å². The van der Waals surface area contributed by atoms with Gasteiger partial charge in [-0.1, -0.05) is 11.6 Å². The van der Waals surface area contributed by atoms with E-state index < -0.39 is 18.3 Å². The molecule has 1 aliphatic heterocycles. The Labute approximate surface area is 157 Å². The molecule has 11 heteroatoms. The SMILES string of the molecule is N#Cc1cccnc1N1CCN(c2cnn(CC(F)(F)F)c(=O)c2Cl)CC1. The molecule has 0 unspecified atom stereocenters. The number of piperazine rings is 1. The van der Waals surface area contributed by atoms with Crippen LogP contribution in [-0.4, -0.2) is 47.1 Å². The first kappa shape index (κ1) is 19.0. The maximum Gasteiger partial charge on any atom is 0.408 e. The van der Waals surface area contributed by atoms with Crippen LogP contribution in [0.2, 0.25) is 5.02 Å². The van der Waals surface area contributed by atoms with Crippen LogP contribution in [0.5, 0.6) is 0 Å². The first-order valence-electron chi connectivity index (χ1n) is 7.97. The molecule has 1 aliphatic rings. The Morgan fingerprint density at radius 3 is 2.52 bits per heavy atom. The van der Waals surface area contributed by atoms with E-state index in [-0.39, 0.29) is 5.02 Å². The van der Waals surface area contributed by atoms with Gasteiger partial charge in [0.1, 0.15) is 23.5 Å². The molecule has 0 N–H and O–H groups in total. The molecule has 1 fully saturated rings. The highest BCUT2D eigenvalue weighted by atomic mass is 35.5. The molecule has 2 aromatic rings. The van der Waals surface area contributed by atoms with Crippen LogP contribution in [0.3, 0.4) is 0 Å². The number of halogens is 4. The fraction of sp³-hybridized carbons (Fsp3) is 0.375. The lowest BCUT2D eigenvalue weighted by atomic mass is 10.2. The average Bonchev–Trinajstić information content (AvgIpc) is 2.65. The van der Waals surface area contributed by atoms with Gasteiger partial charge in [-0.3, -0.25) is 4.79 Å². The third-order valence-corrected chi connectivity index (χ3v) is 4.48. The summed E-state index contributed by atoms with van der Waals surface area (Å²) in [5.41, 5.74) is -0.230. The van der Waals surface area contributed by atoms with Gasteiger partial charge in [0.15, 0.2) is 0 Å². The van der Waals surface area contributed by atoms with Crippen LogP contribution >= 0.6 is 11.6 Å². The second-order valence-corrected chi connectivity index (χ2v) is 6.26. The topological polar surface area (TPSA) is 78.1 Å². The highest BCUT2D eigenvalue weighted by Gasteiger charge is 2.30. The molecule has 1 saturated heterocycles. The van der Waals surface area contributed by atoms with E-state index in [1.807, 2.05) is 4.90 Å². The third-order valence-electron chi connectivity index (χ3n) is 4.12. The Morgan fingerprint density at radius 2 is 1.89 bits per heavy atom. The Bertz CT molecular complexity index is 931. The molecule has 0 saturated carbocycles. The third kappa shape index (κ3) is 4.14. The molecule has 0 amide bonds. The number of aromatic nitrogens is 3. The van der Waals surface area contributed by atoms with Gasteiger partial charge in [-0.2, -0.15) is 23.5 Å². The predicted octanol–water partition coefficient (Wildman–Crippen LogP) is 2.05. The number of hydrogen-bond donors (Lipinski definition) is 0. The van der Waals surface area contributed by atoms with E-state index in [1.165, 1.54) is 6.20 Å². The van der Waals surface area contributed by atoms with Crippen molar-refractivity contribution in [3.8, 4) is 6.07 Å². The van der Waals surface area contributed by atoms with Crippen molar-refractivity contribution < 1.29 is 13.2 Å². The molecule has 0 spiro atoms. The van der Waals surface area contributed by atoms with E-state index in [1.54, 1.807) is 23.2 Å². The summed E-state index contributed by atoms with van der Waals surface area (Å²) >= 11 is 6.01. The van der Waals surface area contributed by atoms with Gasteiger partial charge in [0.05, 0.1) is 17.4 Å². The lowest BCUT2D eigenvalue weighted by Gasteiger charge is -2.37. The summed E-state index contributed by atoms with van der Waals surface area (Å²) in [4.78, 5) is 20.0. The first-order valence-corrected chi connectivity index (χ1v) is 8.35. The van der Waals surface area contributed by atoms with Crippen molar-refractivity contribution in [1.29, 1.82) is 5.26 Å². The summed E-state index contributed by atoms with van der Waals surface area (Å²) in [6.45, 7) is 0.425. The van der Waals surface area contributed by atoms with Gasteiger partial charge >= 0.3 is 6.18 Å². The van der Waals surface area contributed by atoms with Gasteiger partial charge in [-0.15, -0.1) is 0 Å². The Balaban J connectivity index is 1.76. The summed E-state index contributed by atoms with van der Waals surface area (Å²) in [5.74, 6) is 0.574. The van der Waals surface area contributed by atoms with Gasteiger partial charge in [0, 0.05) is 32.4 Å². The van der Waals surface area contributed by atoms with Crippen LogP contribution in [0.25, 0.3) is 0 Å².